The van der Waals surface area contributed by atoms with Gasteiger partial charge < -0.3 is 18.8 Å². The number of halogens is 1. The molecule has 0 aliphatic carbocycles. The molecule has 0 fully saturated rings. The predicted octanol–water partition coefficient (Wildman–Crippen LogP) is 4.64. The average molecular weight is 384 g/mol. The summed E-state index contributed by atoms with van der Waals surface area (Å²) in [6.07, 6.45) is 1.50. The van der Waals surface area contributed by atoms with Gasteiger partial charge in [0, 0.05) is 10.6 Å². The highest BCUT2D eigenvalue weighted by Gasteiger charge is 2.25. The minimum Gasteiger partial charge on any atom is -0.493 e. The zero-order valence-electron chi connectivity index (χ0n) is 14.8. The summed E-state index contributed by atoms with van der Waals surface area (Å²) >= 11 is 6.14. The Morgan fingerprint density at radius 3 is 2.78 bits per heavy atom. The van der Waals surface area contributed by atoms with Gasteiger partial charge in [0.05, 0.1) is 26.5 Å². The molecule has 1 aromatic heterocycles. The van der Waals surface area contributed by atoms with Crippen molar-refractivity contribution in [2.45, 2.75) is 6.54 Å². The summed E-state index contributed by atoms with van der Waals surface area (Å²) < 4.78 is 16.7. The maximum atomic E-state index is 12.7. The van der Waals surface area contributed by atoms with Crippen molar-refractivity contribution in [2.75, 3.05) is 20.3 Å². The van der Waals surface area contributed by atoms with Gasteiger partial charge in [-0.1, -0.05) is 23.7 Å². The lowest BCUT2D eigenvalue weighted by Crippen LogP contribution is -2.32. The first-order valence-electron chi connectivity index (χ1n) is 8.58. The number of amides is 1. The highest BCUT2D eigenvalue weighted by Crippen LogP contribution is 2.39. The second-order valence-electron chi connectivity index (χ2n) is 6.23. The zero-order valence-corrected chi connectivity index (χ0v) is 15.5. The number of ether oxygens (including phenoxy) is 2. The van der Waals surface area contributed by atoms with Gasteiger partial charge >= 0.3 is 0 Å². The van der Waals surface area contributed by atoms with Gasteiger partial charge in [0.25, 0.3) is 5.91 Å². The predicted molar refractivity (Wildman–Crippen MR) is 102 cm³/mol. The van der Waals surface area contributed by atoms with E-state index in [0.717, 1.165) is 16.7 Å². The Morgan fingerprint density at radius 2 is 2.04 bits per heavy atom. The van der Waals surface area contributed by atoms with Crippen molar-refractivity contribution in [1.29, 1.82) is 0 Å². The first kappa shape index (κ1) is 17.5. The van der Waals surface area contributed by atoms with E-state index in [1.54, 1.807) is 24.1 Å². The number of methoxy groups -OCH3 is 1. The first-order valence-corrected chi connectivity index (χ1v) is 8.96. The van der Waals surface area contributed by atoms with Crippen molar-refractivity contribution in [2.24, 2.45) is 0 Å². The molecule has 0 spiro atoms. The lowest BCUT2D eigenvalue weighted by atomic mass is 10.0. The molecule has 0 saturated heterocycles. The van der Waals surface area contributed by atoms with Crippen LogP contribution in [0.2, 0.25) is 5.02 Å². The van der Waals surface area contributed by atoms with Crippen LogP contribution in [0.4, 0.5) is 0 Å². The smallest absolute Gasteiger partial charge is 0.289 e. The zero-order chi connectivity index (χ0) is 18.8. The normalized spacial score (nSPS) is 13.5. The summed E-state index contributed by atoms with van der Waals surface area (Å²) in [6, 6.07) is 14.9. The van der Waals surface area contributed by atoms with Gasteiger partial charge in [-0.25, -0.2) is 0 Å². The van der Waals surface area contributed by atoms with Crippen LogP contribution in [0.3, 0.4) is 0 Å². The topological polar surface area (TPSA) is 51.9 Å². The molecular weight excluding hydrogens is 366 g/mol. The molecule has 1 aliphatic heterocycles. The fraction of sp³-hybridized carbons (Fsp3) is 0.190. The van der Waals surface area contributed by atoms with E-state index in [1.165, 1.54) is 6.26 Å². The van der Waals surface area contributed by atoms with E-state index in [9.17, 15) is 4.79 Å². The maximum Gasteiger partial charge on any atom is 0.289 e. The summed E-state index contributed by atoms with van der Waals surface area (Å²) in [5, 5.41) is 0.660. The summed E-state index contributed by atoms with van der Waals surface area (Å²) in [7, 11) is 1.61. The second kappa shape index (κ2) is 7.37. The summed E-state index contributed by atoms with van der Waals surface area (Å²) in [4.78, 5) is 14.4. The van der Waals surface area contributed by atoms with Crippen molar-refractivity contribution in [1.82, 2.24) is 4.90 Å². The molecule has 27 heavy (non-hydrogen) atoms. The molecule has 3 aromatic rings. The van der Waals surface area contributed by atoms with Crippen LogP contribution in [0.1, 0.15) is 16.1 Å². The fourth-order valence-corrected chi connectivity index (χ4v) is 3.39. The first-order chi connectivity index (χ1) is 13.2. The Labute approximate surface area is 162 Å². The minimum absolute atomic E-state index is 0.163. The maximum absolute atomic E-state index is 12.7. The van der Waals surface area contributed by atoms with Crippen molar-refractivity contribution in [3.05, 3.63) is 71.1 Å². The van der Waals surface area contributed by atoms with Crippen molar-refractivity contribution in [3.8, 4) is 22.6 Å². The number of fused-ring (bicyclic) bond motifs is 1. The van der Waals surface area contributed by atoms with Crippen LogP contribution < -0.4 is 9.47 Å². The molecule has 138 valence electrons. The Hall–Kier alpha value is -2.92. The lowest BCUT2D eigenvalue weighted by Gasteiger charge is -2.19. The third kappa shape index (κ3) is 3.51. The number of hydrogen-bond acceptors (Lipinski definition) is 4. The number of rotatable bonds is 3. The van der Waals surface area contributed by atoms with Crippen LogP contribution in [0, 0.1) is 0 Å². The van der Waals surface area contributed by atoms with E-state index < -0.39 is 0 Å². The number of hydrogen-bond donors (Lipinski definition) is 0. The number of furan rings is 1. The van der Waals surface area contributed by atoms with Crippen molar-refractivity contribution >= 4 is 17.5 Å². The van der Waals surface area contributed by atoms with Crippen molar-refractivity contribution < 1.29 is 18.7 Å². The number of carbonyl (C=O) groups excluding carboxylic acids is 1. The largest absolute Gasteiger partial charge is 0.493 e. The molecule has 4 rings (SSSR count). The van der Waals surface area contributed by atoms with Crippen LogP contribution in [-0.4, -0.2) is 31.1 Å². The SMILES string of the molecule is COc1cc(-c2cccc(Cl)c2)cc2c1OCCN(C(=O)c1ccco1)C2. The quantitative estimate of drug-likeness (QED) is 0.661. The van der Waals surface area contributed by atoms with E-state index in [2.05, 4.69) is 0 Å². The van der Waals surface area contributed by atoms with E-state index in [4.69, 9.17) is 25.5 Å². The Kier molecular flexibility index (Phi) is 4.77. The Bertz CT molecular complexity index is 968. The van der Waals surface area contributed by atoms with E-state index in [-0.39, 0.29) is 5.91 Å². The van der Waals surface area contributed by atoms with Crippen LogP contribution in [-0.2, 0) is 6.54 Å². The summed E-state index contributed by atoms with van der Waals surface area (Å²) in [5.74, 6) is 1.45. The third-order valence-electron chi connectivity index (χ3n) is 4.50. The highest BCUT2D eigenvalue weighted by atomic mass is 35.5. The van der Waals surface area contributed by atoms with Gasteiger partial charge in [-0.15, -0.1) is 0 Å². The molecule has 0 radical (unpaired) electrons. The highest BCUT2D eigenvalue weighted by molar-refractivity contribution is 6.30. The van der Waals surface area contributed by atoms with E-state index >= 15 is 0 Å². The molecule has 0 bridgehead atoms. The molecule has 1 amide bonds. The summed E-state index contributed by atoms with van der Waals surface area (Å²) in [6.45, 7) is 1.25. The van der Waals surface area contributed by atoms with Gasteiger partial charge in [-0.2, -0.15) is 0 Å². The number of benzene rings is 2. The third-order valence-corrected chi connectivity index (χ3v) is 4.73. The van der Waals surface area contributed by atoms with Gasteiger partial charge in [0.2, 0.25) is 0 Å². The van der Waals surface area contributed by atoms with Crippen molar-refractivity contribution in [3.63, 3.8) is 0 Å². The Morgan fingerprint density at radius 1 is 1.15 bits per heavy atom. The number of carbonyl (C=O) groups is 1. The van der Waals surface area contributed by atoms with Gasteiger partial charge in [-0.05, 0) is 47.5 Å². The van der Waals surface area contributed by atoms with E-state index in [1.807, 2.05) is 36.4 Å². The fourth-order valence-electron chi connectivity index (χ4n) is 3.20. The minimum atomic E-state index is -0.163. The molecule has 0 unspecified atom stereocenters. The molecule has 5 nitrogen and oxygen atoms in total. The molecule has 0 atom stereocenters. The van der Waals surface area contributed by atoms with Gasteiger partial charge in [0.15, 0.2) is 17.3 Å². The molecule has 0 saturated carbocycles. The molecule has 6 heteroatoms. The van der Waals surface area contributed by atoms with Crippen LogP contribution >= 0.6 is 11.6 Å². The van der Waals surface area contributed by atoms with Gasteiger partial charge in [0.1, 0.15) is 6.61 Å². The molecular formula is C21H18ClNO4. The van der Waals surface area contributed by atoms with Crippen LogP contribution in [0.15, 0.2) is 59.2 Å². The molecule has 2 aromatic carbocycles. The monoisotopic (exact) mass is 383 g/mol. The van der Waals surface area contributed by atoms with Crippen LogP contribution in [0.5, 0.6) is 11.5 Å². The molecule has 2 heterocycles. The molecule has 1 aliphatic rings. The van der Waals surface area contributed by atoms with E-state index in [0.29, 0.717) is 42.0 Å². The van der Waals surface area contributed by atoms with Crippen LogP contribution in [0.25, 0.3) is 11.1 Å². The average Bonchev–Trinajstić information content (AvgIpc) is 3.13. The standard InChI is InChI=1S/C21H18ClNO4/c1-25-19-12-15(14-4-2-5-17(22)11-14)10-16-13-23(7-9-27-20(16)19)21(24)18-6-3-8-26-18/h2-6,8,10-12H,7,9,13H2,1H3. The molecule has 0 N–H and O–H groups in total. The Balaban J connectivity index is 1.74. The van der Waals surface area contributed by atoms with Gasteiger partial charge in [-0.3, -0.25) is 4.79 Å². The lowest BCUT2D eigenvalue weighted by molar-refractivity contribution is 0.0701. The second-order valence-corrected chi connectivity index (χ2v) is 6.67. The summed E-state index contributed by atoms with van der Waals surface area (Å²) in [5.41, 5.74) is 2.79. The number of nitrogens with zero attached hydrogens (tertiary/aromatic N) is 1.